The molecule has 0 unspecified atom stereocenters. The standard InChI is InChI=1S/C24H28N4OS/c1-16-8-22(24(29)28(2)15-16)19-6-7-20(25-12-19)10-17-4-5-18(9-17)11-23-26-13-21(30-3)14-27-23/h6-8,12-15,17-18H,4-5,9-11H2,1-3H3/t17-,18-/m0/s1. The van der Waals surface area contributed by atoms with E-state index in [1.165, 1.54) is 19.3 Å². The lowest BCUT2D eigenvalue weighted by Gasteiger charge is -2.11. The molecule has 0 bridgehead atoms. The van der Waals surface area contributed by atoms with E-state index in [1.807, 2.05) is 50.1 Å². The average Bonchev–Trinajstić information content (AvgIpc) is 3.18. The number of thioether (sulfide) groups is 1. The van der Waals surface area contributed by atoms with Crippen molar-refractivity contribution >= 4 is 11.8 Å². The van der Waals surface area contributed by atoms with E-state index in [1.54, 1.807) is 23.4 Å². The number of rotatable bonds is 6. The Balaban J connectivity index is 1.37. The number of aromatic nitrogens is 4. The third-order valence-corrected chi connectivity index (χ3v) is 6.67. The van der Waals surface area contributed by atoms with E-state index in [2.05, 4.69) is 21.0 Å². The van der Waals surface area contributed by atoms with Gasteiger partial charge in [0.25, 0.3) is 5.56 Å². The largest absolute Gasteiger partial charge is 0.318 e. The lowest BCUT2D eigenvalue weighted by Crippen LogP contribution is -2.18. The summed E-state index contributed by atoms with van der Waals surface area (Å²) in [7, 11) is 1.79. The van der Waals surface area contributed by atoms with Crippen molar-refractivity contribution in [2.75, 3.05) is 6.26 Å². The van der Waals surface area contributed by atoms with Crippen molar-refractivity contribution in [3.63, 3.8) is 0 Å². The van der Waals surface area contributed by atoms with Crippen LogP contribution in [-0.4, -0.2) is 25.8 Å². The van der Waals surface area contributed by atoms with Crippen LogP contribution in [0.4, 0.5) is 0 Å². The SMILES string of the molecule is CSc1cnc(C[C@H]2CC[C@H](Cc3ccc(-c4cc(C)cn(C)c4=O)cn3)C2)nc1. The number of aryl methyl sites for hydroxylation is 2. The molecule has 1 aliphatic carbocycles. The number of hydrogen-bond acceptors (Lipinski definition) is 5. The fourth-order valence-electron chi connectivity index (χ4n) is 4.45. The number of hydrogen-bond donors (Lipinski definition) is 0. The zero-order valence-electron chi connectivity index (χ0n) is 17.8. The Labute approximate surface area is 182 Å². The summed E-state index contributed by atoms with van der Waals surface area (Å²) in [6.45, 7) is 2.00. The summed E-state index contributed by atoms with van der Waals surface area (Å²) < 4.78 is 1.63. The Morgan fingerprint density at radius 1 is 1.07 bits per heavy atom. The molecule has 0 saturated heterocycles. The van der Waals surface area contributed by atoms with Crippen LogP contribution in [0.25, 0.3) is 11.1 Å². The second-order valence-electron chi connectivity index (χ2n) is 8.38. The predicted octanol–water partition coefficient (Wildman–Crippen LogP) is 4.47. The number of nitrogens with zero attached hydrogens (tertiary/aromatic N) is 4. The molecule has 0 aliphatic heterocycles. The highest BCUT2D eigenvalue weighted by Gasteiger charge is 2.26. The zero-order chi connectivity index (χ0) is 21.1. The van der Waals surface area contributed by atoms with Crippen molar-refractivity contribution in [1.82, 2.24) is 19.5 Å². The Kier molecular flexibility index (Phi) is 6.32. The summed E-state index contributed by atoms with van der Waals surface area (Å²) in [4.78, 5) is 27.2. The van der Waals surface area contributed by atoms with E-state index in [4.69, 9.17) is 0 Å². The van der Waals surface area contributed by atoms with Crippen molar-refractivity contribution < 1.29 is 0 Å². The summed E-state index contributed by atoms with van der Waals surface area (Å²) in [6.07, 6.45) is 15.2. The summed E-state index contributed by atoms with van der Waals surface area (Å²) >= 11 is 1.67. The van der Waals surface area contributed by atoms with Crippen LogP contribution in [0.5, 0.6) is 0 Å². The van der Waals surface area contributed by atoms with Crippen LogP contribution in [-0.2, 0) is 19.9 Å². The van der Waals surface area contributed by atoms with E-state index in [-0.39, 0.29) is 5.56 Å². The van der Waals surface area contributed by atoms with Crippen LogP contribution in [0.3, 0.4) is 0 Å². The van der Waals surface area contributed by atoms with Crippen molar-refractivity contribution in [3.8, 4) is 11.1 Å². The fraction of sp³-hybridized carbons (Fsp3) is 0.417. The molecule has 2 atom stereocenters. The average molecular weight is 421 g/mol. The molecular formula is C24H28N4OS. The van der Waals surface area contributed by atoms with Crippen molar-refractivity contribution in [1.29, 1.82) is 0 Å². The highest BCUT2D eigenvalue weighted by Crippen LogP contribution is 2.34. The second-order valence-corrected chi connectivity index (χ2v) is 9.26. The molecule has 6 heteroatoms. The molecule has 1 aliphatic rings. The molecule has 156 valence electrons. The Hall–Kier alpha value is -2.47. The van der Waals surface area contributed by atoms with E-state index < -0.39 is 0 Å². The minimum absolute atomic E-state index is 0.0153. The van der Waals surface area contributed by atoms with Crippen LogP contribution < -0.4 is 5.56 Å². The van der Waals surface area contributed by atoms with E-state index in [9.17, 15) is 4.79 Å². The van der Waals surface area contributed by atoms with Crippen LogP contribution in [0.15, 0.2) is 52.7 Å². The van der Waals surface area contributed by atoms with Gasteiger partial charge in [-0.1, -0.05) is 6.07 Å². The van der Waals surface area contributed by atoms with Crippen molar-refractivity contribution in [2.24, 2.45) is 18.9 Å². The van der Waals surface area contributed by atoms with Gasteiger partial charge in [0.15, 0.2) is 0 Å². The van der Waals surface area contributed by atoms with Gasteiger partial charge in [0.2, 0.25) is 0 Å². The van der Waals surface area contributed by atoms with Gasteiger partial charge in [-0.3, -0.25) is 9.78 Å². The summed E-state index contributed by atoms with van der Waals surface area (Å²) in [5.74, 6) is 2.27. The first-order chi connectivity index (χ1) is 14.5. The lowest BCUT2D eigenvalue weighted by atomic mass is 9.97. The third kappa shape index (κ3) is 4.81. The minimum atomic E-state index is 0.0153. The molecule has 1 fully saturated rings. The molecule has 5 nitrogen and oxygen atoms in total. The third-order valence-electron chi connectivity index (χ3n) is 5.99. The quantitative estimate of drug-likeness (QED) is 0.551. The highest BCUT2D eigenvalue weighted by atomic mass is 32.2. The van der Waals surface area contributed by atoms with Crippen molar-refractivity contribution in [3.05, 3.63) is 70.4 Å². The van der Waals surface area contributed by atoms with Crippen LogP contribution in [0.2, 0.25) is 0 Å². The van der Waals surface area contributed by atoms with E-state index in [0.717, 1.165) is 40.4 Å². The van der Waals surface area contributed by atoms with Crippen LogP contribution in [0.1, 0.15) is 36.3 Å². The highest BCUT2D eigenvalue weighted by molar-refractivity contribution is 7.98. The Morgan fingerprint density at radius 2 is 1.80 bits per heavy atom. The first-order valence-corrected chi connectivity index (χ1v) is 11.7. The molecule has 0 amide bonds. The maximum absolute atomic E-state index is 12.4. The first-order valence-electron chi connectivity index (χ1n) is 10.5. The van der Waals surface area contributed by atoms with Gasteiger partial charge in [-0.05, 0) is 68.4 Å². The molecule has 1 saturated carbocycles. The molecule has 0 radical (unpaired) electrons. The fourth-order valence-corrected chi connectivity index (χ4v) is 4.77. The van der Waals surface area contributed by atoms with Crippen molar-refractivity contribution in [2.45, 2.75) is 43.9 Å². The molecule has 3 aromatic heterocycles. The van der Waals surface area contributed by atoms with Crippen LogP contribution in [0, 0.1) is 18.8 Å². The monoisotopic (exact) mass is 420 g/mol. The topological polar surface area (TPSA) is 60.7 Å². The van der Waals surface area contributed by atoms with E-state index in [0.29, 0.717) is 17.4 Å². The van der Waals surface area contributed by atoms with Gasteiger partial charge in [-0.15, -0.1) is 11.8 Å². The Bertz CT molecular complexity index is 1060. The summed E-state index contributed by atoms with van der Waals surface area (Å²) in [5.41, 5.74) is 3.79. The van der Waals surface area contributed by atoms with Gasteiger partial charge in [0.1, 0.15) is 5.82 Å². The molecule has 3 aromatic rings. The smallest absolute Gasteiger partial charge is 0.258 e. The maximum Gasteiger partial charge on any atom is 0.258 e. The summed E-state index contributed by atoms with van der Waals surface area (Å²) in [5, 5.41) is 0. The second kappa shape index (κ2) is 9.13. The van der Waals surface area contributed by atoms with Gasteiger partial charge in [0, 0.05) is 60.0 Å². The molecule has 0 spiro atoms. The molecule has 30 heavy (non-hydrogen) atoms. The normalized spacial score (nSPS) is 18.6. The molecule has 0 N–H and O–H groups in total. The molecule has 0 aromatic carbocycles. The van der Waals surface area contributed by atoms with Gasteiger partial charge in [-0.2, -0.15) is 0 Å². The zero-order valence-corrected chi connectivity index (χ0v) is 18.7. The molecule has 4 rings (SSSR count). The van der Waals surface area contributed by atoms with Gasteiger partial charge >= 0.3 is 0 Å². The van der Waals surface area contributed by atoms with Gasteiger partial charge in [0.05, 0.1) is 0 Å². The number of pyridine rings is 2. The molecule has 3 heterocycles. The molecular weight excluding hydrogens is 392 g/mol. The minimum Gasteiger partial charge on any atom is -0.318 e. The van der Waals surface area contributed by atoms with Crippen LogP contribution >= 0.6 is 11.8 Å². The maximum atomic E-state index is 12.4. The van der Waals surface area contributed by atoms with E-state index >= 15 is 0 Å². The lowest BCUT2D eigenvalue weighted by molar-refractivity contribution is 0.476. The van der Waals surface area contributed by atoms with Gasteiger partial charge < -0.3 is 4.57 Å². The Morgan fingerprint density at radius 3 is 2.47 bits per heavy atom. The van der Waals surface area contributed by atoms with Gasteiger partial charge in [-0.25, -0.2) is 9.97 Å². The first kappa shape index (κ1) is 20.8. The summed E-state index contributed by atoms with van der Waals surface area (Å²) in [6, 6.07) is 6.05. The predicted molar refractivity (Wildman–Crippen MR) is 122 cm³/mol.